The van der Waals surface area contributed by atoms with Gasteiger partial charge in [0.1, 0.15) is 23.7 Å². The summed E-state index contributed by atoms with van der Waals surface area (Å²) in [6.07, 6.45) is 0. The third-order valence-corrected chi connectivity index (χ3v) is 3.26. The van der Waals surface area contributed by atoms with Crippen molar-refractivity contribution in [1.82, 2.24) is 30.2 Å². The summed E-state index contributed by atoms with van der Waals surface area (Å²) in [5, 5.41) is 19.7. The van der Waals surface area contributed by atoms with Crippen molar-refractivity contribution < 1.29 is 9.57 Å². The van der Waals surface area contributed by atoms with Gasteiger partial charge in [0.05, 0.1) is 6.61 Å². The zero-order valence-electron chi connectivity index (χ0n) is 11.7. The van der Waals surface area contributed by atoms with E-state index in [9.17, 15) is 0 Å². The monoisotopic (exact) mass is 297 g/mol. The van der Waals surface area contributed by atoms with Crippen LogP contribution in [0.1, 0.15) is 11.3 Å². The Hall–Kier alpha value is -2.94. The number of oxime groups is 1. The molecule has 0 saturated carbocycles. The molecule has 1 aromatic carbocycles. The summed E-state index contributed by atoms with van der Waals surface area (Å²) < 4.78 is 6.24. The van der Waals surface area contributed by atoms with Crippen LogP contribution in [0.2, 0.25) is 0 Å². The molecule has 0 bridgehead atoms. The van der Waals surface area contributed by atoms with Gasteiger partial charge in [-0.25, -0.2) is 4.98 Å². The normalized spacial score (nSPS) is 14.3. The molecule has 0 unspecified atom stereocenters. The predicted octanol–water partition coefficient (Wildman–Crippen LogP) is 0.310. The first kappa shape index (κ1) is 12.8. The molecule has 0 N–H and O–H groups in total. The molecule has 2 heterocycles. The summed E-state index contributed by atoms with van der Waals surface area (Å²) >= 11 is 0. The number of benzene rings is 1. The Kier molecular flexibility index (Phi) is 2.97. The summed E-state index contributed by atoms with van der Waals surface area (Å²) in [5.41, 5.74) is 3.76. The van der Waals surface area contributed by atoms with Gasteiger partial charge in [-0.05, 0) is 10.4 Å². The van der Waals surface area contributed by atoms with E-state index in [1.165, 1.54) is 4.63 Å². The number of aromatic nitrogens is 6. The van der Waals surface area contributed by atoms with E-state index < -0.39 is 0 Å². The minimum absolute atomic E-state index is 0.316. The number of hydrogen-bond acceptors (Lipinski definition) is 8. The topological polar surface area (TPSA) is 99.7 Å². The summed E-state index contributed by atoms with van der Waals surface area (Å²) in [5.74, 6) is 0.316. The van der Waals surface area contributed by atoms with Crippen molar-refractivity contribution in [2.75, 3.05) is 20.3 Å². The van der Waals surface area contributed by atoms with Gasteiger partial charge in [0.15, 0.2) is 0 Å². The largest absolute Gasteiger partial charge is 0.393 e. The summed E-state index contributed by atoms with van der Waals surface area (Å²) in [6, 6.07) is 7.77. The van der Waals surface area contributed by atoms with E-state index in [0.717, 1.165) is 11.1 Å². The number of tetrazole rings is 1. The molecule has 0 fully saturated rings. The minimum Gasteiger partial charge on any atom is -0.393 e. The first-order valence-corrected chi connectivity index (χ1v) is 6.64. The van der Waals surface area contributed by atoms with Gasteiger partial charge in [0.2, 0.25) is 0 Å². The van der Waals surface area contributed by atoms with Crippen LogP contribution in [-0.2, 0) is 9.57 Å². The van der Waals surface area contributed by atoms with E-state index in [1.807, 2.05) is 24.3 Å². The molecule has 0 spiro atoms. The fraction of sp³-hybridized carbons (Fsp3) is 0.231. The Labute approximate surface area is 124 Å². The highest BCUT2D eigenvalue weighted by molar-refractivity contribution is 6.22. The molecule has 0 amide bonds. The van der Waals surface area contributed by atoms with Gasteiger partial charge in [-0.2, -0.15) is 0 Å². The van der Waals surface area contributed by atoms with Gasteiger partial charge in [0.25, 0.3) is 5.78 Å². The van der Waals surface area contributed by atoms with Crippen molar-refractivity contribution in [3.63, 3.8) is 0 Å². The fourth-order valence-electron chi connectivity index (χ4n) is 2.30. The van der Waals surface area contributed by atoms with Gasteiger partial charge < -0.3 is 9.57 Å². The lowest BCUT2D eigenvalue weighted by molar-refractivity contribution is 0.0753. The maximum atomic E-state index is 5.30. The van der Waals surface area contributed by atoms with Gasteiger partial charge >= 0.3 is 0 Å². The second kappa shape index (κ2) is 5.11. The quantitative estimate of drug-likeness (QED) is 0.395. The van der Waals surface area contributed by atoms with Gasteiger partial charge in [-0.3, -0.25) is 0 Å². The zero-order chi connectivity index (χ0) is 14.9. The van der Waals surface area contributed by atoms with Crippen LogP contribution >= 0.6 is 0 Å². The highest BCUT2D eigenvalue weighted by Crippen LogP contribution is 2.33. The Morgan fingerprint density at radius 3 is 2.86 bits per heavy atom. The second-order valence-electron chi connectivity index (χ2n) is 4.59. The first-order valence-electron chi connectivity index (χ1n) is 6.64. The van der Waals surface area contributed by atoms with Crippen LogP contribution < -0.4 is 0 Å². The van der Waals surface area contributed by atoms with Crippen molar-refractivity contribution in [2.24, 2.45) is 5.16 Å². The second-order valence-corrected chi connectivity index (χ2v) is 4.59. The van der Waals surface area contributed by atoms with E-state index in [-0.39, 0.29) is 0 Å². The van der Waals surface area contributed by atoms with Crippen molar-refractivity contribution >= 4 is 11.5 Å². The molecule has 0 saturated heterocycles. The molecule has 4 rings (SSSR count). The van der Waals surface area contributed by atoms with Crippen LogP contribution in [0.5, 0.6) is 0 Å². The zero-order valence-corrected chi connectivity index (χ0v) is 11.7. The number of nitrogens with zero attached hydrogens (tertiary/aromatic N) is 7. The summed E-state index contributed by atoms with van der Waals surface area (Å²) in [4.78, 5) is 9.74. The number of rotatable bonds is 4. The van der Waals surface area contributed by atoms with Crippen LogP contribution in [0.3, 0.4) is 0 Å². The maximum absolute atomic E-state index is 5.30. The van der Waals surface area contributed by atoms with Crippen molar-refractivity contribution in [3.05, 3.63) is 35.5 Å². The van der Waals surface area contributed by atoms with Gasteiger partial charge in [0, 0.05) is 18.2 Å². The van der Waals surface area contributed by atoms with Crippen LogP contribution in [0.15, 0.2) is 29.4 Å². The molecule has 0 atom stereocenters. The molecule has 110 valence electrons. The number of hydrogen-bond donors (Lipinski definition) is 0. The summed E-state index contributed by atoms with van der Waals surface area (Å²) in [7, 11) is 1.61. The Morgan fingerprint density at radius 1 is 1.14 bits per heavy atom. The molecule has 0 aliphatic heterocycles. The van der Waals surface area contributed by atoms with Crippen LogP contribution in [0.4, 0.5) is 0 Å². The lowest BCUT2D eigenvalue weighted by Crippen LogP contribution is -2.07. The third kappa shape index (κ3) is 1.91. The molecule has 2 aromatic heterocycles. The van der Waals surface area contributed by atoms with E-state index in [0.29, 0.717) is 36.1 Å². The molecule has 3 aromatic rings. The van der Waals surface area contributed by atoms with E-state index >= 15 is 0 Å². The molecule has 1 aliphatic carbocycles. The highest BCUT2D eigenvalue weighted by Gasteiger charge is 2.29. The average molecular weight is 297 g/mol. The average Bonchev–Trinajstić information content (AvgIpc) is 3.12. The molecular formula is C13H11N7O2. The third-order valence-electron chi connectivity index (χ3n) is 3.26. The molecule has 9 nitrogen and oxygen atoms in total. The smallest absolute Gasteiger partial charge is 0.292 e. The standard InChI is InChI=1S/C13H11N7O2/c1-21-6-7-22-17-11-9-5-3-2-4-8(9)10-12(11)14-13-15-18-19-20(13)16-10/h2-5H,6-7H2,1H3/b17-11+. The lowest BCUT2D eigenvalue weighted by atomic mass is 10.1. The predicted molar refractivity (Wildman–Crippen MR) is 75.3 cm³/mol. The molecule has 22 heavy (non-hydrogen) atoms. The van der Waals surface area contributed by atoms with Crippen molar-refractivity contribution in [1.29, 1.82) is 0 Å². The van der Waals surface area contributed by atoms with Crippen LogP contribution in [-0.4, -0.2) is 56.3 Å². The molecule has 9 heteroatoms. The van der Waals surface area contributed by atoms with Crippen LogP contribution in [0.25, 0.3) is 17.0 Å². The Balaban J connectivity index is 1.85. The van der Waals surface area contributed by atoms with E-state index in [2.05, 4.69) is 30.8 Å². The van der Waals surface area contributed by atoms with Crippen molar-refractivity contribution in [3.8, 4) is 11.3 Å². The van der Waals surface area contributed by atoms with Gasteiger partial charge in [-0.15, -0.1) is 5.10 Å². The Bertz CT molecular complexity index is 874. The molecular weight excluding hydrogens is 286 g/mol. The molecule has 0 radical (unpaired) electrons. The van der Waals surface area contributed by atoms with E-state index in [4.69, 9.17) is 9.57 Å². The van der Waals surface area contributed by atoms with E-state index in [1.54, 1.807) is 7.11 Å². The SMILES string of the molecule is COCCO/N=C1\c2ccccc2-c2nn3nnnc3nc21. The number of ether oxygens (including phenoxy) is 1. The number of fused-ring (bicyclic) bond motifs is 4. The number of methoxy groups -OCH3 is 1. The summed E-state index contributed by atoms with van der Waals surface area (Å²) in [6.45, 7) is 0.823. The maximum Gasteiger partial charge on any atom is 0.292 e. The van der Waals surface area contributed by atoms with Crippen molar-refractivity contribution in [2.45, 2.75) is 0 Å². The lowest BCUT2D eigenvalue weighted by Gasteiger charge is -2.01. The van der Waals surface area contributed by atoms with Gasteiger partial charge in [-0.1, -0.05) is 39.1 Å². The van der Waals surface area contributed by atoms with Crippen LogP contribution in [0, 0.1) is 0 Å². The Morgan fingerprint density at radius 2 is 2.00 bits per heavy atom. The highest BCUT2D eigenvalue weighted by atomic mass is 16.6. The minimum atomic E-state index is 0.316. The molecule has 1 aliphatic rings. The fourth-order valence-corrected chi connectivity index (χ4v) is 2.30. The first-order chi connectivity index (χ1) is 10.9.